The minimum Gasteiger partial charge on any atom is -0.439 e. The van der Waals surface area contributed by atoms with Gasteiger partial charge >= 0.3 is 0 Å². The Kier molecular flexibility index (Phi) is 8.71. The summed E-state index contributed by atoms with van der Waals surface area (Å²) in [4.78, 5) is 50.1. The average Bonchev–Trinajstić information content (AvgIpc) is 3.02. The fraction of sp³-hybridized carbons (Fsp3) is 0.265. The Labute approximate surface area is 246 Å². The van der Waals surface area contributed by atoms with Crippen LogP contribution in [0.2, 0.25) is 0 Å². The van der Waals surface area contributed by atoms with Crippen LogP contribution >= 0.6 is 0 Å². The molecule has 4 aromatic rings. The second-order valence-corrected chi connectivity index (χ2v) is 10.7. The maximum Gasteiger partial charge on any atom is 0.272 e. The Bertz CT molecular complexity index is 1540. The van der Waals surface area contributed by atoms with Crippen molar-refractivity contribution < 1.29 is 19.1 Å². The number of anilines is 1. The Hall–Kier alpha value is -4.85. The molecule has 214 valence electrons. The zero-order chi connectivity index (χ0) is 29.6. The lowest BCUT2D eigenvalue weighted by Gasteiger charge is -2.36. The average molecular weight is 563 g/mol. The monoisotopic (exact) mass is 562 g/mol. The van der Waals surface area contributed by atoms with E-state index in [1.165, 1.54) is 24.4 Å². The van der Waals surface area contributed by atoms with Gasteiger partial charge in [0.25, 0.3) is 5.91 Å². The van der Waals surface area contributed by atoms with Crippen molar-refractivity contribution in [3.05, 3.63) is 113 Å². The summed E-state index contributed by atoms with van der Waals surface area (Å²) >= 11 is 0. The summed E-state index contributed by atoms with van der Waals surface area (Å²) in [7, 11) is 0. The molecule has 0 N–H and O–H groups in total. The summed E-state index contributed by atoms with van der Waals surface area (Å²) in [5.74, 6) is 1.19. The predicted molar refractivity (Wildman–Crippen MR) is 162 cm³/mol. The normalized spacial score (nSPS) is 13.2. The first-order valence-electron chi connectivity index (χ1n) is 14.1. The molecule has 5 rings (SSSR count). The molecule has 0 unspecified atom stereocenters. The molecule has 2 aromatic heterocycles. The number of carbonyl (C=O) groups is 3. The Balaban J connectivity index is 1.12. The highest BCUT2D eigenvalue weighted by molar-refractivity contribution is 5.98. The maximum atomic E-state index is 13.1. The molecule has 8 nitrogen and oxygen atoms in total. The Morgan fingerprint density at radius 2 is 1.48 bits per heavy atom. The van der Waals surface area contributed by atoms with E-state index in [-0.39, 0.29) is 23.9 Å². The first-order valence-corrected chi connectivity index (χ1v) is 14.1. The highest BCUT2D eigenvalue weighted by Gasteiger charge is 2.23. The predicted octanol–water partition coefficient (Wildman–Crippen LogP) is 5.98. The standard InChI is InChI=1S/C34H34N4O4/c1-23(2)26-5-10-29(11-6-26)37-16-18-38(19-17-37)34(41)31-14-9-28(22-35-31)32(40)20-25-4-15-33(36-21-25)42-30-12-7-27(8-13-30)24(3)39/h4-15,21-23H,16-20H2,1-3H3. The number of nitrogens with zero attached hydrogens (tertiary/aromatic N) is 4. The third-order valence-electron chi connectivity index (χ3n) is 7.44. The fourth-order valence-electron chi connectivity index (χ4n) is 4.83. The summed E-state index contributed by atoms with van der Waals surface area (Å²) in [6.45, 7) is 8.62. The van der Waals surface area contributed by atoms with Gasteiger partial charge in [0, 0.05) is 67.9 Å². The molecule has 0 saturated carbocycles. The number of ketones is 2. The summed E-state index contributed by atoms with van der Waals surface area (Å²) in [5, 5.41) is 0. The molecule has 1 fully saturated rings. The summed E-state index contributed by atoms with van der Waals surface area (Å²) in [6.07, 6.45) is 3.22. The number of aromatic nitrogens is 2. The second-order valence-electron chi connectivity index (χ2n) is 10.7. The summed E-state index contributed by atoms with van der Waals surface area (Å²) in [5.41, 5.74) is 4.60. The van der Waals surface area contributed by atoms with E-state index < -0.39 is 0 Å². The third kappa shape index (κ3) is 6.89. The van der Waals surface area contributed by atoms with Gasteiger partial charge in [0.05, 0.1) is 0 Å². The number of carbonyl (C=O) groups excluding carboxylic acids is 3. The number of Topliss-reactive ketones (excluding diaryl/α,β-unsaturated/α-hetero) is 2. The van der Waals surface area contributed by atoms with Crippen LogP contribution in [0, 0.1) is 0 Å². The van der Waals surface area contributed by atoms with Crippen molar-refractivity contribution in [1.29, 1.82) is 0 Å². The largest absolute Gasteiger partial charge is 0.439 e. The van der Waals surface area contributed by atoms with Crippen molar-refractivity contribution in [1.82, 2.24) is 14.9 Å². The van der Waals surface area contributed by atoms with Gasteiger partial charge in [-0.1, -0.05) is 32.0 Å². The van der Waals surface area contributed by atoms with Crippen LogP contribution in [-0.4, -0.2) is 58.5 Å². The molecule has 0 aliphatic carbocycles. The van der Waals surface area contributed by atoms with Gasteiger partial charge in [0.15, 0.2) is 11.6 Å². The number of pyridine rings is 2. The van der Waals surface area contributed by atoms with Crippen LogP contribution in [0.5, 0.6) is 11.6 Å². The zero-order valence-electron chi connectivity index (χ0n) is 24.1. The van der Waals surface area contributed by atoms with Gasteiger partial charge in [-0.2, -0.15) is 0 Å². The van der Waals surface area contributed by atoms with Gasteiger partial charge in [0.1, 0.15) is 11.4 Å². The van der Waals surface area contributed by atoms with Crippen molar-refractivity contribution in [2.45, 2.75) is 33.1 Å². The van der Waals surface area contributed by atoms with Crippen molar-refractivity contribution in [2.24, 2.45) is 0 Å². The van der Waals surface area contributed by atoms with E-state index in [2.05, 4.69) is 53.0 Å². The molecule has 8 heteroatoms. The van der Waals surface area contributed by atoms with Crippen molar-refractivity contribution in [3.63, 3.8) is 0 Å². The van der Waals surface area contributed by atoms with Crippen LogP contribution in [0.1, 0.15) is 69.0 Å². The number of ether oxygens (including phenoxy) is 1. The minimum atomic E-state index is -0.125. The van der Waals surface area contributed by atoms with Gasteiger partial charge in [-0.3, -0.25) is 19.4 Å². The molecule has 42 heavy (non-hydrogen) atoms. The Morgan fingerprint density at radius 3 is 2.05 bits per heavy atom. The van der Waals surface area contributed by atoms with Crippen LogP contribution in [-0.2, 0) is 6.42 Å². The van der Waals surface area contributed by atoms with Crippen LogP contribution in [0.3, 0.4) is 0 Å². The number of amides is 1. The van der Waals surface area contributed by atoms with E-state index in [0.717, 1.165) is 18.7 Å². The quantitative estimate of drug-likeness (QED) is 0.232. The number of rotatable bonds is 9. The Morgan fingerprint density at radius 1 is 0.786 bits per heavy atom. The van der Waals surface area contributed by atoms with Crippen molar-refractivity contribution >= 4 is 23.2 Å². The number of hydrogen-bond donors (Lipinski definition) is 0. The van der Waals surface area contributed by atoms with Crippen molar-refractivity contribution in [2.75, 3.05) is 31.1 Å². The molecule has 0 spiro atoms. The minimum absolute atomic E-state index is 0.0113. The highest BCUT2D eigenvalue weighted by Crippen LogP contribution is 2.23. The number of benzene rings is 2. The molecule has 0 atom stereocenters. The molecular formula is C34H34N4O4. The van der Waals surface area contributed by atoms with Gasteiger partial charge in [-0.05, 0) is 72.5 Å². The van der Waals surface area contributed by atoms with Crippen LogP contribution < -0.4 is 9.64 Å². The smallest absolute Gasteiger partial charge is 0.272 e. The second kappa shape index (κ2) is 12.8. The first-order chi connectivity index (χ1) is 20.3. The zero-order valence-corrected chi connectivity index (χ0v) is 24.1. The van der Waals surface area contributed by atoms with E-state index in [1.807, 2.05) is 4.90 Å². The topological polar surface area (TPSA) is 92.7 Å². The van der Waals surface area contributed by atoms with Gasteiger partial charge in [-0.15, -0.1) is 0 Å². The molecule has 1 saturated heterocycles. The molecule has 1 aliphatic rings. The van der Waals surface area contributed by atoms with E-state index in [4.69, 9.17) is 4.74 Å². The molecular weight excluding hydrogens is 528 g/mol. The first kappa shape index (κ1) is 28.7. The third-order valence-corrected chi connectivity index (χ3v) is 7.44. The summed E-state index contributed by atoms with van der Waals surface area (Å²) < 4.78 is 5.73. The molecule has 3 heterocycles. The number of piperazine rings is 1. The maximum absolute atomic E-state index is 13.1. The van der Waals surface area contributed by atoms with E-state index in [1.54, 1.807) is 54.7 Å². The lowest BCUT2D eigenvalue weighted by Crippen LogP contribution is -2.49. The van der Waals surface area contributed by atoms with E-state index >= 15 is 0 Å². The SMILES string of the molecule is CC(=O)c1ccc(Oc2ccc(CC(=O)c3ccc(C(=O)N4CCN(c5ccc(C(C)C)cc5)CC4)nc3)cn2)cc1. The van der Waals surface area contributed by atoms with Crippen molar-refractivity contribution in [3.8, 4) is 11.6 Å². The fourth-order valence-corrected chi connectivity index (χ4v) is 4.83. The highest BCUT2D eigenvalue weighted by atomic mass is 16.5. The van der Waals surface area contributed by atoms with Crippen LogP contribution in [0.15, 0.2) is 85.2 Å². The van der Waals surface area contributed by atoms with Gasteiger partial charge in [-0.25, -0.2) is 4.98 Å². The molecule has 2 aromatic carbocycles. The van der Waals surface area contributed by atoms with E-state index in [9.17, 15) is 14.4 Å². The lowest BCUT2D eigenvalue weighted by atomic mass is 10.0. The van der Waals surface area contributed by atoms with Crippen LogP contribution in [0.4, 0.5) is 5.69 Å². The lowest BCUT2D eigenvalue weighted by molar-refractivity contribution is 0.0740. The van der Waals surface area contributed by atoms with Crippen LogP contribution in [0.25, 0.3) is 0 Å². The number of hydrogen-bond acceptors (Lipinski definition) is 7. The molecule has 1 amide bonds. The van der Waals surface area contributed by atoms with E-state index in [0.29, 0.717) is 47.5 Å². The van der Waals surface area contributed by atoms with Gasteiger partial charge in [0.2, 0.25) is 5.88 Å². The molecule has 0 bridgehead atoms. The summed E-state index contributed by atoms with van der Waals surface area (Å²) in [6, 6.07) is 22.2. The molecule has 0 radical (unpaired) electrons. The van der Waals surface area contributed by atoms with Gasteiger partial charge < -0.3 is 14.5 Å². The molecule has 1 aliphatic heterocycles.